The lowest BCUT2D eigenvalue weighted by Gasteiger charge is -2.22. The Morgan fingerprint density at radius 1 is 1.38 bits per heavy atom. The summed E-state index contributed by atoms with van der Waals surface area (Å²) in [6.45, 7) is 2.23. The molecule has 2 amide bonds. The number of rotatable bonds is 5. The summed E-state index contributed by atoms with van der Waals surface area (Å²) < 4.78 is 0. The molecule has 114 valence electrons. The van der Waals surface area contributed by atoms with Crippen molar-refractivity contribution in [2.45, 2.75) is 6.42 Å². The quantitative estimate of drug-likeness (QED) is 0.856. The Labute approximate surface area is 124 Å². The maximum Gasteiger partial charge on any atom is 0.323 e. The maximum absolute atomic E-state index is 12.3. The first-order valence-corrected chi connectivity index (χ1v) is 7.07. The van der Waals surface area contributed by atoms with Gasteiger partial charge in [0.15, 0.2) is 0 Å². The highest BCUT2D eigenvalue weighted by Gasteiger charge is 2.22. The molecule has 0 aromatic heterocycles. The zero-order valence-corrected chi connectivity index (χ0v) is 12.2. The van der Waals surface area contributed by atoms with Crippen molar-refractivity contribution >= 4 is 17.7 Å². The molecule has 0 bridgehead atoms. The Morgan fingerprint density at radius 2 is 2.10 bits per heavy atom. The van der Waals surface area contributed by atoms with Gasteiger partial charge in [0.2, 0.25) is 0 Å². The van der Waals surface area contributed by atoms with Crippen molar-refractivity contribution in [1.82, 2.24) is 10.2 Å². The van der Waals surface area contributed by atoms with Gasteiger partial charge in [0.25, 0.3) is 0 Å². The van der Waals surface area contributed by atoms with Crippen LogP contribution in [0, 0.1) is 5.92 Å². The molecule has 6 nitrogen and oxygen atoms in total. The smallest absolute Gasteiger partial charge is 0.323 e. The van der Waals surface area contributed by atoms with Gasteiger partial charge < -0.3 is 15.3 Å². The molecule has 1 aliphatic rings. The number of carbonyl (C=O) groups excluding carboxylic acids is 1. The molecule has 0 saturated carbocycles. The van der Waals surface area contributed by atoms with E-state index >= 15 is 0 Å². The first-order chi connectivity index (χ1) is 10.1. The van der Waals surface area contributed by atoms with Gasteiger partial charge in [0.05, 0.1) is 0 Å². The van der Waals surface area contributed by atoms with Crippen molar-refractivity contribution in [2.75, 3.05) is 38.1 Å². The van der Waals surface area contributed by atoms with E-state index in [0.717, 1.165) is 19.5 Å². The molecular weight excluding hydrogens is 270 g/mol. The van der Waals surface area contributed by atoms with Crippen molar-refractivity contribution in [1.29, 1.82) is 0 Å². The van der Waals surface area contributed by atoms with Crippen LogP contribution in [0.15, 0.2) is 30.3 Å². The highest BCUT2D eigenvalue weighted by Crippen LogP contribution is 2.15. The van der Waals surface area contributed by atoms with Crippen LogP contribution in [0.2, 0.25) is 0 Å². The molecule has 1 aromatic rings. The van der Waals surface area contributed by atoms with Crippen LogP contribution in [-0.2, 0) is 4.79 Å². The number of carboxylic acids is 1. The number of carboxylic acid groups (broad SMARTS) is 1. The van der Waals surface area contributed by atoms with Crippen molar-refractivity contribution in [3.63, 3.8) is 0 Å². The molecule has 1 heterocycles. The predicted molar refractivity (Wildman–Crippen MR) is 80.4 cm³/mol. The molecule has 6 heteroatoms. The molecule has 2 rings (SSSR count). The van der Waals surface area contributed by atoms with E-state index < -0.39 is 5.97 Å². The van der Waals surface area contributed by atoms with Gasteiger partial charge in [-0.15, -0.1) is 0 Å². The molecule has 21 heavy (non-hydrogen) atoms. The van der Waals surface area contributed by atoms with Crippen LogP contribution in [0.4, 0.5) is 10.5 Å². The average Bonchev–Trinajstić information content (AvgIpc) is 2.88. The Bertz CT molecular complexity index is 492. The molecule has 1 aliphatic heterocycles. The summed E-state index contributed by atoms with van der Waals surface area (Å²) in [6.07, 6.45) is 1.06. The van der Waals surface area contributed by atoms with Gasteiger partial charge in [-0.25, -0.2) is 4.79 Å². The summed E-state index contributed by atoms with van der Waals surface area (Å²) in [7, 11) is 2.06. The van der Waals surface area contributed by atoms with Gasteiger partial charge in [-0.2, -0.15) is 0 Å². The Balaban J connectivity index is 1.96. The standard InChI is InChI=1S/C15H21N3O3/c1-17-8-7-12(10-17)9-16-15(21)18(11-14(19)20)13-5-3-2-4-6-13/h2-6,12H,7-11H2,1H3,(H,16,21)(H,19,20). The molecule has 1 aromatic carbocycles. The van der Waals surface area contributed by atoms with Gasteiger partial charge in [0.1, 0.15) is 6.54 Å². The summed E-state index contributed by atoms with van der Waals surface area (Å²) in [4.78, 5) is 26.7. The molecule has 2 N–H and O–H groups in total. The fourth-order valence-electron chi connectivity index (χ4n) is 2.54. The third-order valence-electron chi connectivity index (χ3n) is 3.64. The fraction of sp³-hybridized carbons (Fsp3) is 0.467. The van der Waals surface area contributed by atoms with Crippen LogP contribution in [-0.4, -0.2) is 55.2 Å². The van der Waals surface area contributed by atoms with Gasteiger partial charge >= 0.3 is 12.0 Å². The number of carbonyl (C=O) groups is 2. The van der Waals surface area contributed by atoms with E-state index in [1.165, 1.54) is 4.90 Å². The van der Waals surface area contributed by atoms with Crippen molar-refractivity contribution in [3.8, 4) is 0 Å². The van der Waals surface area contributed by atoms with Crippen LogP contribution in [0.25, 0.3) is 0 Å². The normalized spacial score (nSPS) is 18.4. The number of nitrogens with zero attached hydrogens (tertiary/aromatic N) is 2. The van der Waals surface area contributed by atoms with Gasteiger partial charge in [0, 0.05) is 18.8 Å². The maximum atomic E-state index is 12.3. The molecule has 0 radical (unpaired) electrons. The van der Waals surface area contributed by atoms with Crippen LogP contribution < -0.4 is 10.2 Å². The van der Waals surface area contributed by atoms with Crippen molar-refractivity contribution in [3.05, 3.63) is 30.3 Å². The molecule has 1 fully saturated rings. The summed E-state index contributed by atoms with van der Waals surface area (Å²) in [6, 6.07) is 8.48. The summed E-state index contributed by atoms with van der Waals surface area (Å²) in [5.74, 6) is -0.601. The lowest BCUT2D eigenvalue weighted by Crippen LogP contribution is -2.44. The first-order valence-electron chi connectivity index (χ1n) is 7.07. The topological polar surface area (TPSA) is 72.9 Å². The van der Waals surface area contributed by atoms with Crippen LogP contribution >= 0.6 is 0 Å². The molecule has 1 unspecified atom stereocenters. The van der Waals surface area contributed by atoms with E-state index in [0.29, 0.717) is 18.2 Å². The van der Waals surface area contributed by atoms with Crippen LogP contribution in [0.5, 0.6) is 0 Å². The summed E-state index contributed by atoms with van der Waals surface area (Å²) in [5.41, 5.74) is 0.584. The van der Waals surface area contributed by atoms with Crippen LogP contribution in [0.1, 0.15) is 6.42 Å². The number of hydrogen-bond acceptors (Lipinski definition) is 3. The number of para-hydroxylation sites is 1. The minimum Gasteiger partial charge on any atom is -0.480 e. The number of benzene rings is 1. The van der Waals surface area contributed by atoms with Gasteiger partial charge in [-0.3, -0.25) is 9.69 Å². The van der Waals surface area contributed by atoms with E-state index in [-0.39, 0.29) is 12.6 Å². The van der Waals surface area contributed by atoms with E-state index in [2.05, 4.69) is 17.3 Å². The number of likely N-dealkylation sites (tertiary alicyclic amines) is 1. The number of aliphatic carboxylic acids is 1. The second kappa shape index (κ2) is 7.08. The molecule has 0 spiro atoms. The van der Waals surface area contributed by atoms with E-state index in [4.69, 9.17) is 5.11 Å². The third-order valence-corrected chi connectivity index (χ3v) is 3.64. The second-order valence-corrected chi connectivity index (χ2v) is 5.42. The van der Waals surface area contributed by atoms with E-state index in [9.17, 15) is 9.59 Å². The van der Waals surface area contributed by atoms with Gasteiger partial charge in [-0.05, 0) is 38.1 Å². The predicted octanol–water partition coefficient (Wildman–Crippen LogP) is 1.24. The SMILES string of the molecule is CN1CCC(CNC(=O)N(CC(=O)O)c2ccccc2)C1. The zero-order chi connectivity index (χ0) is 15.2. The summed E-state index contributed by atoms with van der Waals surface area (Å²) in [5, 5.41) is 11.8. The highest BCUT2D eigenvalue weighted by molar-refractivity contribution is 5.96. The minimum atomic E-state index is -1.03. The molecular formula is C15H21N3O3. The van der Waals surface area contributed by atoms with Crippen molar-refractivity contribution in [2.24, 2.45) is 5.92 Å². The van der Waals surface area contributed by atoms with Gasteiger partial charge in [-0.1, -0.05) is 18.2 Å². The third kappa shape index (κ3) is 4.46. The molecule has 1 atom stereocenters. The number of urea groups is 1. The highest BCUT2D eigenvalue weighted by atomic mass is 16.4. The average molecular weight is 291 g/mol. The Morgan fingerprint density at radius 3 is 2.67 bits per heavy atom. The fourth-order valence-corrected chi connectivity index (χ4v) is 2.54. The first kappa shape index (κ1) is 15.3. The Hall–Kier alpha value is -2.08. The van der Waals surface area contributed by atoms with E-state index in [1.54, 1.807) is 24.3 Å². The van der Waals surface area contributed by atoms with Crippen LogP contribution in [0.3, 0.4) is 0 Å². The van der Waals surface area contributed by atoms with Crippen molar-refractivity contribution < 1.29 is 14.7 Å². The largest absolute Gasteiger partial charge is 0.480 e. The minimum absolute atomic E-state index is 0.347. The Kier molecular flexibility index (Phi) is 5.16. The molecule has 1 saturated heterocycles. The summed E-state index contributed by atoms with van der Waals surface area (Å²) >= 11 is 0. The lowest BCUT2D eigenvalue weighted by molar-refractivity contribution is -0.135. The van der Waals surface area contributed by atoms with E-state index in [1.807, 2.05) is 6.07 Å². The number of anilines is 1. The monoisotopic (exact) mass is 291 g/mol. The number of hydrogen-bond donors (Lipinski definition) is 2. The lowest BCUT2D eigenvalue weighted by atomic mass is 10.1. The zero-order valence-electron chi connectivity index (χ0n) is 12.2. The number of amides is 2. The number of nitrogens with one attached hydrogen (secondary N) is 1. The molecule has 0 aliphatic carbocycles. The second-order valence-electron chi connectivity index (χ2n) is 5.42.